The molecule has 9 heteroatoms. The Morgan fingerprint density at radius 1 is 1.11 bits per heavy atom. The summed E-state index contributed by atoms with van der Waals surface area (Å²) < 4.78 is 5.53. The van der Waals surface area contributed by atoms with E-state index in [1.54, 1.807) is 26.2 Å². The fourth-order valence-electron chi connectivity index (χ4n) is 0.706. The lowest BCUT2D eigenvalue weighted by Crippen LogP contribution is -2.47. The quantitative estimate of drug-likeness (QED) is 0.499. The zero-order chi connectivity index (χ0) is 14.4. The summed E-state index contributed by atoms with van der Waals surface area (Å²) in [4.78, 5) is 1.42. The van der Waals surface area contributed by atoms with Gasteiger partial charge in [-0.15, -0.1) is 0 Å². The van der Waals surface area contributed by atoms with Crippen LogP contribution in [-0.4, -0.2) is 53.7 Å². The van der Waals surface area contributed by atoms with E-state index in [-0.39, 0.29) is 6.73 Å². The zero-order valence-electron chi connectivity index (χ0n) is 11.0. The molecule has 0 aliphatic carbocycles. The van der Waals surface area contributed by atoms with Crippen molar-refractivity contribution >= 4 is 7.32 Å². The molecule has 0 radical (unpaired) electrons. The first kappa shape index (κ1) is 17.0. The van der Waals surface area contributed by atoms with Gasteiger partial charge in [0.2, 0.25) is 0 Å². The van der Waals surface area contributed by atoms with Gasteiger partial charge in [0, 0.05) is 0 Å². The maximum Gasteiger partial charge on any atom is 0.631 e. The van der Waals surface area contributed by atoms with Gasteiger partial charge in [0.1, 0.15) is 0 Å². The molecule has 0 aromatic carbocycles. The largest absolute Gasteiger partial charge is 0.631 e. The topological polar surface area (TPSA) is 121 Å². The normalized spacial score (nSPS) is 11.8. The Morgan fingerprint density at radius 3 is 1.83 bits per heavy atom. The van der Waals surface area contributed by atoms with Crippen LogP contribution in [0.5, 0.6) is 0 Å². The first-order chi connectivity index (χ1) is 8.06. The molecular weight excluding hydrogens is 241 g/mol. The third kappa shape index (κ3) is 6.67. The number of nitrogens with zero attached hydrogens (tertiary/aromatic N) is 3. The molecule has 18 heavy (non-hydrogen) atoms. The number of hydrogen-bond donors (Lipinski definition) is 4. The summed E-state index contributed by atoms with van der Waals surface area (Å²) in [6, 6.07) is 0. The van der Waals surface area contributed by atoms with E-state index in [0.29, 0.717) is 0 Å². The summed E-state index contributed by atoms with van der Waals surface area (Å²) >= 11 is 0. The van der Waals surface area contributed by atoms with Gasteiger partial charge in [-0.1, -0.05) is 0 Å². The molecule has 0 amide bonds. The van der Waals surface area contributed by atoms with Crippen LogP contribution >= 0.6 is 0 Å². The standard InChI is InChI=1S/C9H17N3O2.BH3O3/c1-8(2,13)9(3,4)14-7-12-10-5-6-11-12;2-1(3)4/h5-6,13H,7H2,1-4H3;2-4H. The molecule has 1 heterocycles. The van der Waals surface area contributed by atoms with Gasteiger partial charge in [0.15, 0.2) is 6.73 Å². The van der Waals surface area contributed by atoms with Crippen molar-refractivity contribution in [1.82, 2.24) is 15.0 Å². The fraction of sp³-hybridized carbons (Fsp3) is 0.778. The van der Waals surface area contributed by atoms with E-state index in [4.69, 9.17) is 19.8 Å². The zero-order valence-corrected chi connectivity index (χ0v) is 11.0. The first-order valence-corrected chi connectivity index (χ1v) is 5.31. The van der Waals surface area contributed by atoms with Crippen LogP contribution in [0.4, 0.5) is 0 Å². The van der Waals surface area contributed by atoms with Crippen molar-refractivity contribution < 1.29 is 24.9 Å². The summed E-state index contributed by atoms with van der Waals surface area (Å²) in [5, 5.41) is 39.1. The minimum atomic E-state index is -2.17. The lowest BCUT2D eigenvalue weighted by atomic mass is 9.90. The minimum Gasteiger partial charge on any atom is -0.402 e. The molecule has 0 aliphatic rings. The van der Waals surface area contributed by atoms with Crippen LogP contribution in [0.1, 0.15) is 27.7 Å². The van der Waals surface area contributed by atoms with Gasteiger partial charge in [-0.3, -0.25) is 0 Å². The van der Waals surface area contributed by atoms with E-state index < -0.39 is 18.5 Å². The Labute approximate surface area is 106 Å². The Bertz CT molecular complexity index is 321. The highest BCUT2D eigenvalue weighted by molar-refractivity contribution is 6.30. The maximum atomic E-state index is 9.80. The number of hydrogen-bond acceptors (Lipinski definition) is 7. The highest BCUT2D eigenvalue weighted by Gasteiger charge is 2.36. The number of aromatic nitrogens is 3. The van der Waals surface area contributed by atoms with Crippen LogP contribution in [0, 0.1) is 0 Å². The Kier molecular flexibility index (Phi) is 6.43. The lowest BCUT2D eigenvalue weighted by Gasteiger charge is -2.36. The highest BCUT2D eigenvalue weighted by atomic mass is 16.5. The van der Waals surface area contributed by atoms with Gasteiger partial charge in [-0.05, 0) is 27.7 Å². The van der Waals surface area contributed by atoms with Gasteiger partial charge in [-0.25, -0.2) is 0 Å². The van der Waals surface area contributed by atoms with Crippen LogP contribution in [0.3, 0.4) is 0 Å². The average molecular weight is 261 g/mol. The van der Waals surface area contributed by atoms with Crippen LogP contribution in [0.25, 0.3) is 0 Å². The monoisotopic (exact) mass is 261 g/mol. The lowest BCUT2D eigenvalue weighted by molar-refractivity contribution is -0.170. The summed E-state index contributed by atoms with van der Waals surface area (Å²) in [5.74, 6) is 0. The molecule has 0 fully saturated rings. The number of aliphatic hydroxyl groups is 1. The smallest absolute Gasteiger partial charge is 0.402 e. The van der Waals surface area contributed by atoms with Gasteiger partial charge in [0.25, 0.3) is 0 Å². The second-order valence-electron chi connectivity index (χ2n) is 4.59. The van der Waals surface area contributed by atoms with Crippen molar-refractivity contribution in [2.24, 2.45) is 0 Å². The predicted octanol–water partition coefficient (Wildman–Crippen LogP) is -1.25. The summed E-state index contributed by atoms with van der Waals surface area (Å²) in [7, 11) is -2.17. The Balaban J connectivity index is 0.000000631. The third-order valence-corrected chi connectivity index (χ3v) is 2.48. The molecule has 1 rings (SSSR count). The summed E-state index contributed by atoms with van der Waals surface area (Å²) in [5.41, 5.74) is -1.54. The minimum absolute atomic E-state index is 0.240. The van der Waals surface area contributed by atoms with Crippen molar-refractivity contribution in [1.29, 1.82) is 0 Å². The van der Waals surface area contributed by atoms with E-state index in [9.17, 15) is 5.11 Å². The Hall–Kier alpha value is -0.995. The molecule has 104 valence electrons. The molecule has 0 bridgehead atoms. The highest BCUT2D eigenvalue weighted by Crippen LogP contribution is 2.24. The van der Waals surface area contributed by atoms with E-state index >= 15 is 0 Å². The van der Waals surface area contributed by atoms with Crippen LogP contribution < -0.4 is 0 Å². The molecule has 0 saturated heterocycles. The molecule has 4 N–H and O–H groups in total. The van der Waals surface area contributed by atoms with E-state index in [2.05, 4.69) is 10.2 Å². The van der Waals surface area contributed by atoms with E-state index in [1.165, 1.54) is 4.80 Å². The van der Waals surface area contributed by atoms with E-state index in [0.717, 1.165) is 0 Å². The third-order valence-electron chi connectivity index (χ3n) is 2.48. The van der Waals surface area contributed by atoms with Crippen molar-refractivity contribution in [2.45, 2.75) is 45.6 Å². The van der Waals surface area contributed by atoms with Crippen LogP contribution in [0.15, 0.2) is 12.4 Å². The van der Waals surface area contributed by atoms with Gasteiger partial charge < -0.3 is 24.9 Å². The molecule has 0 spiro atoms. The molecule has 8 nitrogen and oxygen atoms in total. The molecule has 0 atom stereocenters. The molecule has 0 unspecified atom stereocenters. The van der Waals surface area contributed by atoms with Crippen molar-refractivity contribution in [3.8, 4) is 0 Å². The van der Waals surface area contributed by atoms with Crippen molar-refractivity contribution in [2.75, 3.05) is 0 Å². The maximum absolute atomic E-state index is 9.80. The first-order valence-electron chi connectivity index (χ1n) is 5.31. The summed E-state index contributed by atoms with van der Waals surface area (Å²) in [6.07, 6.45) is 3.17. The molecule has 0 aliphatic heterocycles. The number of rotatable bonds is 4. The van der Waals surface area contributed by atoms with Crippen LogP contribution in [-0.2, 0) is 11.5 Å². The number of ether oxygens (including phenoxy) is 1. The molecule has 1 aromatic heterocycles. The van der Waals surface area contributed by atoms with Gasteiger partial charge in [0.05, 0.1) is 23.6 Å². The van der Waals surface area contributed by atoms with Gasteiger partial charge in [-0.2, -0.15) is 15.0 Å². The van der Waals surface area contributed by atoms with Crippen LogP contribution in [0.2, 0.25) is 0 Å². The van der Waals surface area contributed by atoms with E-state index in [1.807, 2.05) is 13.8 Å². The second kappa shape index (κ2) is 6.81. The SMILES string of the molecule is CC(C)(O)C(C)(C)OCn1nccn1.OB(O)O. The summed E-state index contributed by atoms with van der Waals surface area (Å²) in [6.45, 7) is 7.32. The van der Waals surface area contributed by atoms with Crippen molar-refractivity contribution in [3.05, 3.63) is 12.4 Å². The molecule has 1 aromatic rings. The van der Waals surface area contributed by atoms with Crippen molar-refractivity contribution in [3.63, 3.8) is 0 Å². The van der Waals surface area contributed by atoms with Gasteiger partial charge >= 0.3 is 7.32 Å². The fourth-order valence-corrected chi connectivity index (χ4v) is 0.706. The molecule has 0 saturated carbocycles. The predicted molar refractivity (Wildman–Crippen MR) is 63.9 cm³/mol. The molecular formula is C9H20BN3O5. The average Bonchev–Trinajstić information content (AvgIpc) is 2.64. The Morgan fingerprint density at radius 2 is 1.50 bits per heavy atom. The second-order valence-corrected chi connectivity index (χ2v) is 4.59.